The number of nitrogens with two attached hydrogens (primary N) is 2. The molecule has 0 fully saturated rings. The number of anilines is 2. The van der Waals surface area contributed by atoms with Crippen LogP contribution in [0.2, 0.25) is 0 Å². The van der Waals surface area contributed by atoms with Gasteiger partial charge in [-0.1, -0.05) is 0 Å². The van der Waals surface area contributed by atoms with E-state index in [1.54, 1.807) is 6.07 Å². The van der Waals surface area contributed by atoms with E-state index in [0.29, 0.717) is 66.4 Å². The van der Waals surface area contributed by atoms with Crippen molar-refractivity contribution in [3.63, 3.8) is 0 Å². The molecule has 0 saturated carbocycles. The van der Waals surface area contributed by atoms with Gasteiger partial charge in [0, 0.05) is 31.7 Å². The molecule has 11 heteroatoms. The fourth-order valence-corrected chi connectivity index (χ4v) is 3.49. The van der Waals surface area contributed by atoms with Crippen LogP contribution in [0.4, 0.5) is 11.8 Å². The Morgan fingerprint density at radius 3 is 2.97 bits per heavy atom. The van der Waals surface area contributed by atoms with Gasteiger partial charge in [-0.05, 0) is 38.0 Å². The highest BCUT2D eigenvalue weighted by atomic mass is 16.5. The quantitative estimate of drug-likeness (QED) is 0.315. The molecule has 0 saturated heterocycles. The number of benzene rings is 1. The summed E-state index contributed by atoms with van der Waals surface area (Å²) in [6.07, 6.45) is 3.42. The summed E-state index contributed by atoms with van der Waals surface area (Å²) in [4.78, 5) is 24.5. The van der Waals surface area contributed by atoms with E-state index in [1.165, 1.54) is 6.33 Å². The van der Waals surface area contributed by atoms with Crippen LogP contribution in [0, 0.1) is 0 Å². The Balaban J connectivity index is 1.47. The second kappa shape index (κ2) is 9.60. The summed E-state index contributed by atoms with van der Waals surface area (Å²) >= 11 is 0. The van der Waals surface area contributed by atoms with E-state index in [-0.39, 0.29) is 11.9 Å². The minimum atomic E-state index is -0.00493. The van der Waals surface area contributed by atoms with E-state index in [9.17, 15) is 4.79 Å². The predicted octanol–water partition coefficient (Wildman–Crippen LogP) is 2.12. The summed E-state index contributed by atoms with van der Waals surface area (Å²) in [6, 6.07) is 5.64. The molecule has 3 aromatic heterocycles. The van der Waals surface area contributed by atoms with Crippen LogP contribution in [-0.4, -0.2) is 50.4 Å². The van der Waals surface area contributed by atoms with Crippen molar-refractivity contribution in [3.05, 3.63) is 24.5 Å². The van der Waals surface area contributed by atoms with Crippen LogP contribution in [0.3, 0.4) is 0 Å². The zero-order valence-electron chi connectivity index (χ0n) is 17.9. The van der Waals surface area contributed by atoms with Crippen LogP contribution in [0.1, 0.15) is 26.2 Å². The standard InChI is InChI=1S/C21H26N8O3/c1-2-31-10-7-16(30)24-8-3-4-9-29-20-17(19(22)25-12-26-20)18(28-29)13-5-6-15-14(11-13)27-21(23)32-15/h5-6,11-12H,2-4,7-10H2,1H3,(H2,23,27)(H,24,30)(H2,22,25,26). The lowest BCUT2D eigenvalue weighted by atomic mass is 10.1. The molecular weight excluding hydrogens is 412 g/mol. The van der Waals surface area contributed by atoms with E-state index in [1.807, 2.05) is 23.7 Å². The van der Waals surface area contributed by atoms with Gasteiger partial charge in [0.1, 0.15) is 23.4 Å². The molecule has 0 aliphatic carbocycles. The summed E-state index contributed by atoms with van der Waals surface area (Å²) in [5.41, 5.74) is 15.2. The molecule has 32 heavy (non-hydrogen) atoms. The van der Waals surface area contributed by atoms with Crippen molar-refractivity contribution in [2.75, 3.05) is 31.2 Å². The van der Waals surface area contributed by atoms with E-state index >= 15 is 0 Å². The van der Waals surface area contributed by atoms with Crippen molar-refractivity contribution >= 4 is 39.9 Å². The smallest absolute Gasteiger partial charge is 0.292 e. The largest absolute Gasteiger partial charge is 0.424 e. The molecule has 0 aliphatic heterocycles. The van der Waals surface area contributed by atoms with Crippen LogP contribution in [0.5, 0.6) is 0 Å². The summed E-state index contributed by atoms with van der Waals surface area (Å²) in [7, 11) is 0. The topological polar surface area (TPSA) is 160 Å². The van der Waals surface area contributed by atoms with E-state index in [2.05, 4.69) is 20.3 Å². The molecule has 0 radical (unpaired) electrons. The van der Waals surface area contributed by atoms with Gasteiger partial charge in [-0.3, -0.25) is 4.79 Å². The number of nitrogen functional groups attached to an aromatic ring is 2. The molecule has 1 amide bonds. The van der Waals surface area contributed by atoms with Crippen LogP contribution in [-0.2, 0) is 16.1 Å². The van der Waals surface area contributed by atoms with Crippen LogP contribution in [0.25, 0.3) is 33.4 Å². The van der Waals surface area contributed by atoms with Crippen LogP contribution >= 0.6 is 0 Å². The van der Waals surface area contributed by atoms with Crippen molar-refractivity contribution in [3.8, 4) is 11.3 Å². The van der Waals surface area contributed by atoms with Gasteiger partial charge in [-0.15, -0.1) is 0 Å². The zero-order chi connectivity index (χ0) is 22.5. The number of hydrogen-bond donors (Lipinski definition) is 3. The monoisotopic (exact) mass is 438 g/mol. The number of aryl methyl sites for hydroxylation is 1. The molecule has 0 bridgehead atoms. The first-order chi connectivity index (χ1) is 15.6. The highest BCUT2D eigenvalue weighted by Gasteiger charge is 2.18. The molecule has 168 valence electrons. The number of carbonyl (C=O) groups excluding carboxylic acids is 1. The number of nitrogens with one attached hydrogen (secondary N) is 1. The van der Waals surface area contributed by atoms with Gasteiger partial charge in [-0.25, -0.2) is 14.6 Å². The third-order valence-electron chi connectivity index (χ3n) is 5.03. The summed E-state index contributed by atoms with van der Waals surface area (Å²) in [5, 5.41) is 8.35. The molecule has 5 N–H and O–H groups in total. The number of unbranched alkanes of at least 4 members (excludes halogenated alkanes) is 1. The Bertz CT molecular complexity index is 1230. The first kappa shape index (κ1) is 21.5. The Morgan fingerprint density at radius 2 is 2.12 bits per heavy atom. The number of rotatable bonds is 10. The van der Waals surface area contributed by atoms with Gasteiger partial charge >= 0.3 is 0 Å². The normalized spacial score (nSPS) is 11.4. The minimum absolute atomic E-state index is 0.00493. The molecule has 0 atom stereocenters. The fourth-order valence-electron chi connectivity index (χ4n) is 3.49. The van der Waals surface area contributed by atoms with Crippen molar-refractivity contribution < 1.29 is 13.9 Å². The molecule has 1 aromatic carbocycles. The van der Waals surface area contributed by atoms with E-state index in [0.717, 1.165) is 18.4 Å². The average Bonchev–Trinajstić information content (AvgIpc) is 3.33. The van der Waals surface area contributed by atoms with Crippen molar-refractivity contribution in [1.29, 1.82) is 0 Å². The van der Waals surface area contributed by atoms with Gasteiger partial charge in [0.15, 0.2) is 11.2 Å². The maximum atomic E-state index is 11.8. The number of hydrogen-bond acceptors (Lipinski definition) is 9. The zero-order valence-corrected chi connectivity index (χ0v) is 17.9. The number of aromatic nitrogens is 5. The Labute approximate surface area is 184 Å². The maximum Gasteiger partial charge on any atom is 0.292 e. The molecule has 0 unspecified atom stereocenters. The number of ether oxygens (including phenoxy) is 1. The average molecular weight is 438 g/mol. The molecule has 4 aromatic rings. The number of carbonyl (C=O) groups is 1. The molecule has 11 nitrogen and oxygen atoms in total. The van der Waals surface area contributed by atoms with Gasteiger partial charge in [0.2, 0.25) is 5.91 Å². The second-order valence-corrected chi connectivity index (χ2v) is 7.27. The van der Waals surface area contributed by atoms with Crippen molar-refractivity contribution in [1.82, 2.24) is 30.0 Å². The number of fused-ring (bicyclic) bond motifs is 2. The summed E-state index contributed by atoms with van der Waals surface area (Å²) in [6.45, 7) is 4.18. The molecular formula is C21H26N8O3. The molecule has 0 aliphatic rings. The summed E-state index contributed by atoms with van der Waals surface area (Å²) < 4.78 is 12.4. The lowest BCUT2D eigenvalue weighted by molar-refractivity contribution is -0.122. The molecule has 3 heterocycles. The Morgan fingerprint density at radius 1 is 1.25 bits per heavy atom. The number of nitrogens with zero attached hydrogens (tertiary/aromatic N) is 5. The SMILES string of the molecule is CCOCCC(=O)NCCCCn1nc(-c2ccc3oc(N)nc3c2)c2c(N)ncnc21. The lowest BCUT2D eigenvalue weighted by Crippen LogP contribution is -2.25. The third-order valence-corrected chi connectivity index (χ3v) is 5.03. The highest BCUT2D eigenvalue weighted by molar-refractivity contribution is 5.99. The minimum Gasteiger partial charge on any atom is -0.424 e. The van der Waals surface area contributed by atoms with Gasteiger partial charge < -0.3 is 25.9 Å². The van der Waals surface area contributed by atoms with Gasteiger partial charge in [0.25, 0.3) is 6.01 Å². The van der Waals surface area contributed by atoms with Crippen molar-refractivity contribution in [2.45, 2.75) is 32.7 Å². The Kier molecular flexibility index (Phi) is 6.45. The van der Waals surface area contributed by atoms with E-state index < -0.39 is 0 Å². The van der Waals surface area contributed by atoms with Gasteiger partial charge in [0.05, 0.1) is 12.0 Å². The lowest BCUT2D eigenvalue weighted by Gasteiger charge is -2.06. The molecule has 0 spiro atoms. The number of oxazole rings is 1. The molecule has 4 rings (SSSR count). The fraction of sp³-hybridized carbons (Fsp3) is 0.381. The summed E-state index contributed by atoms with van der Waals surface area (Å²) in [5.74, 6) is 0.354. The maximum absolute atomic E-state index is 11.8. The highest BCUT2D eigenvalue weighted by Crippen LogP contribution is 2.32. The van der Waals surface area contributed by atoms with Crippen LogP contribution < -0.4 is 16.8 Å². The van der Waals surface area contributed by atoms with E-state index in [4.69, 9.17) is 25.7 Å². The first-order valence-electron chi connectivity index (χ1n) is 10.5. The first-order valence-corrected chi connectivity index (χ1v) is 10.5. The van der Waals surface area contributed by atoms with Gasteiger partial charge in [-0.2, -0.15) is 10.1 Å². The van der Waals surface area contributed by atoms with Crippen LogP contribution in [0.15, 0.2) is 28.9 Å². The third kappa shape index (κ3) is 4.62. The second-order valence-electron chi connectivity index (χ2n) is 7.27. The Hall–Kier alpha value is -3.73. The predicted molar refractivity (Wildman–Crippen MR) is 121 cm³/mol. The number of amides is 1. The van der Waals surface area contributed by atoms with Crippen molar-refractivity contribution in [2.24, 2.45) is 0 Å².